The Bertz CT molecular complexity index is 941. The highest BCUT2D eigenvalue weighted by Gasteiger charge is 2.82. The van der Waals surface area contributed by atoms with Crippen LogP contribution in [0.4, 0.5) is 0 Å². The minimum atomic E-state index is -1.02. The second kappa shape index (κ2) is 8.15. The van der Waals surface area contributed by atoms with Crippen molar-refractivity contribution in [3.63, 3.8) is 0 Å². The molecule has 0 aromatic carbocycles. The molecule has 0 aliphatic heterocycles. The van der Waals surface area contributed by atoms with Gasteiger partial charge in [-0.15, -0.1) is 0 Å². The number of aliphatic hydroxyl groups is 2. The van der Waals surface area contributed by atoms with Crippen molar-refractivity contribution < 1.29 is 24.9 Å². The lowest BCUT2D eigenvalue weighted by atomic mass is 9.42. The average molecular weight is 487 g/mol. The third kappa shape index (κ3) is 3.12. The largest absolute Gasteiger partial charge is 0.478 e. The number of carboxylic acid groups (broad SMARTS) is 1. The van der Waals surface area contributed by atoms with Crippen molar-refractivity contribution in [3.8, 4) is 0 Å². The normalized spacial score (nSPS) is 49.5. The summed E-state index contributed by atoms with van der Waals surface area (Å²) >= 11 is 0. The molecule has 3 N–H and O–H groups in total. The summed E-state index contributed by atoms with van der Waals surface area (Å²) in [7, 11) is 0. The molecule has 5 fully saturated rings. The van der Waals surface area contributed by atoms with E-state index in [0.717, 1.165) is 19.3 Å². The first kappa shape index (κ1) is 25.4. The van der Waals surface area contributed by atoms with E-state index in [1.807, 2.05) is 0 Å². The third-order valence-corrected chi connectivity index (χ3v) is 13.2. The van der Waals surface area contributed by atoms with Gasteiger partial charge in [-0.3, -0.25) is 4.79 Å². The van der Waals surface area contributed by atoms with Crippen LogP contribution < -0.4 is 0 Å². The summed E-state index contributed by atoms with van der Waals surface area (Å²) in [6.07, 6.45) is 13.7. The third-order valence-electron chi connectivity index (χ3n) is 13.2. The fourth-order valence-corrected chi connectivity index (χ4v) is 11.1. The number of ketones is 1. The molecule has 0 amide bonds. The predicted molar refractivity (Wildman–Crippen MR) is 135 cm³/mol. The smallest absolute Gasteiger partial charge is 0.333 e. The highest BCUT2D eigenvalue weighted by Crippen LogP contribution is 2.88. The molecule has 196 valence electrons. The molecule has 35 heavy (non-hydrogen) atoms. The van der Waals surface area contributed by atoms with Gasteiger partial charge in [0.1, 0.15) is 5.78 Å². The molecule has 0 radical (unpaired) electrons. The van der Waals surface area contributed by atoms with Crippen LogP contribution in [0.2, 0.25) is 0 Å². The molecule has 0 bridgehead atoms. The lowest BCUT2D eigenvalue weighted by molar-refractivity contribution is -0.163. The van der Waals surface area contributed by atoms with Crippen LogP contribution in [0.1, 0.15) is 98.3 Å². The topological polar surface area (TPSA) is 94.8 Å². The standard InChI is InChI=1S/C30H46O5/c1-19(6-5-7-20(16-31)25(34)35)21-10-12-28(4)23-9-8-22-26(2,18-32)24(33)11-13-29(22)17-30(23,29)15-14-27(21,28)3/h7,19,21-23,31-32H,5-6,8-18H2,1-4H3,(H,34,35)/b20-7+/t19-,21-,22+,23+,26+,27-,28+,29-,30+/m1/s1. The zero-order chi connectivity index (χ0) is 25.4. The molecule has 5 saturated carbocycles. The van der Waals surface area contributed by atoms with E-state index in [-0.39, 0.29) is 17.6 Å². The minimum Gasteiger partial charge on any atom is -0.478 e. The predicted octanol–water partition coefficient (Wildman–Crippen LogP) is 5.39. The first-order chi connectivity index (χ1) is 16.5. The second-order valence-corrected chi connectivity index (χ2v) is 13.9. The number of Topliss-reactive ketones (excluding diaryl/α,β-unsaturated/α-hetero) is 1. The maximum atomic E-state index is 12.9. The highest BCUT2D eigenvalue weighted by molar-refractivity contribution is 5.87. The lowest BCUT2D eigenvalue weighted by Gasteiger charge is -2.62. The van der Waals surface area contributed by atoms with E-state index < -0.39 is 18.0 Å². The fraction of sp³-hybridized carbons (Fsp3) is 0.867. The summed E-state index contributed by atoms with van der Waals surface area (Å²) in [5.74, 6) is 1.50. The number of allylic oxidation sites excluding steroid dienone is 1. The number of aliphatic carboxylic acids is 1. The Kier molecular flexibility index (Phi) is 5.93. The van der Waals surface area contributed by atoms with Crippen LogP contribution >= 0.6 is 0 Å². The van der Waals surface area contributed by atoms with E-state index in [1.165, 1.54) is 38.5 Å². The van der Waals surface area contributed by atoms with Gasteiger partial charge in [0.05, 0.1) is 24.2 Å². The molecule has 0 aromatic heterocycles. The van der Waals surface area contributed by atoms with Gasteiger partial charge in [-0.1, -0.05) is 33.8 Å². The van der Waals surface area contributed by atoms with Gasteiger partial charge >= 0.3 is 5.97 Å². The number of carboxylic acids is 1. The second-order valence-electron chi connectivity index (χ2n) is 13.9. The molecule has 5 aliphatic rings. The summed E-state index contributed by atoms with van der Waals surface area (Å²) in [4.78, 5) is 24.1. The Morgan fingerprint density at radius 1 is 1.00 bits per heavy atom. The molecule has 0 heterocycles. The molecule has 5 nitrogen and oxygen atoms in total. The van der Waals surface area contributed by atoms with Crippen LogP contribution in [-0.4, -0.2) is 40.3 Å². The molecule has 2 spiro atoms. The van der Waals surface area contributed by atoms with Crippen LogP contribution in [0.3, 0.4) is 0 Å². The van der Waals surface area contributed by atoms with Gasteiger partial charge in [0.25, 0.3) is 0 Å². The van der Waals surface area contributed by atoms with Gasteiger partial charge in [0.2, 0.25) is 0 Å². The fourth-order valence-electron chi connectivity index (χ4n) is 11.1. The highest BCUT2D eigenvalue weighted by atomic mass is 16.4. The number of fused-ring (bicyclic) bond motifs is 2. The van der Waals surface area contributed by atoms with Crippen molar-refractivity contribution in [2.45, 2.75) is 98.3 Å². The number of carbonyl (C=O) groups excluding carboxylic acids is 1. The van der Waals surface area contributed by atoms with Gasteiger partial charge in [-0.25, -0.2) is 4.79 Å². The first-order valence-electron chi connectivity index (χ1n) is 14.1. The zero-order valence-electron chi connectivity index (χ0n) is 22.2. The molecular weight excluding hydrogens is 440 g/mol. The van der Waals surface area contributed by atoms with Gasteiger partial charge in [-0.2, -0.15) is 0 Å². The van der Waals surface area contributed by atoms with E-state index in [1.54, 1.807) is 6.08 Å². The van der Waals surface area contributed by atoms with Crippen LogP contribution in [0.25, 0.3) is 0 Å². The maximum absolute atomic E-state index is 12.9. The van der Waals surface area contributed by atoms with E-state index in [9.17, 15) is 24.9 Å². The number of rotatable bonds is 7. The summed E-state index contributed by atoms with van der Waals surface area (Å²) in [6.45, 7) is 9.15. The number of aliphatic hydroxyl groups excluding tert-OH is 2. The van der Waals surface area contributed by atoms with E-state index >= 15 is 0 Å². The van der Waals surface area contributed by atoms with Crippen LogP contribution in [0.5, 0.6) is 0 Å². The summed E-state index contributed by atoms with van der Waals surface area (Å²) < 4.78 is 0. The maximum Gasteiger partial charge on any atom is 0.333 e. The van der Waals surface area contributed by atoms with Crippen molar-refractivity contribution in [1.82, 2.24) is 0 Å². The molecule has 0 aromatic rings. The Labute approximate surface area is 210 Å². The van der Waals surface area contributed by atoms with Crippen molar-refractivity contribution in [1.29, 1.82) is 0 Å². The molecule has 9 atom stereocenters. The van der Waals surface area contributed by atoms with E-state index in [0.29, 0.717) is 58.5 Å². The van der Waals surface area contributed by atoms with Crippen LogP contribution in [0, 0.1) is 50.7 Å². The Morgan fingerprint density at radius 2 is 1.69 bits per heavy atom. The Morgan fingerprint density at radius 3 is 2.34 bits per heavy atom. The number of carbonyl (C=O) groups is 2. The summed E-state index contributed by atoms with van der Waals surface area (Å²) in [5.41, 5.74) is 0.814. The molecule has 5 heteroatoms. The minimum absolute atomic E-state index is 0.00187. The Hall–Kier alpha value is -1.20. The van der Waals surface area contributed by atoms with Gasteiger partial charge in [0, 0.05) is 6.42 Å². The molecule has 5 aliphatic carbocycles. The number of hydrogen-bond donors (Lipinski definition) is 3. The van der Waals surface area contributed by atoms with Gasteiger partial charge < -0.3 is 15.3 Å². The van der Waals surface area contributed by atoms with Crippen molar-refractivity contribution in [2.24, 2.45) is 50.7 Å². The van der Waals surface area contributed by atoms with Crippen molar-refractivity contribution >= 4 is 11.8 Å². The van der Waals surface area contributed by atoms with Crippen molar-refractivity contribution in [2.75, 3.05) is 13.2 Å². The molecule has 5 rings (SSSR count). The van der Waals surface area contributed by atoms with E-state index in [4.69, 9.17) is 0 Å². The SMILES string of the molecule is C[C@H](CC/C=C(\CO)C(=O)O)[C@H]1CC[C@@]2(C)[C@@H]3CC[C@@H]4[C@@]5(CCC(=O)[C@@]4(C)CO)C[C@@]35CC[C@]12C. The molecule has 0 saturated heterocycles. The zero-order valence-corrected chi connectivity index (χ0v) is 22.2. The van der Waals surface area contributed by atoms with E-state index in [2.05, 4.69) is 27.7 Å². The van der Waals surface area contributed by atoms with Gasteiger partial charge in [0.15, 0.2) is 0 Å². The first-order valence-corrected chi connectivity index (χ1v) is 14.1. The molecular formula is C30H46O5. The Balaban J connectivity index is 1.36. The summed E-state index contributed by atoms with van der Waals surface area (Å²) in [5, 5.41) is 28.8. The monoisotopic (exact) mass is 486 g/mol. The van der Waals surface area contributed by atoms with Gasteiger partial charge in [-0.05, 0) is 110 Å². The molecule has 0 unspecified atom stereocenters. The quantitative estimate of drug-likeness (QED) is 0.420. The summed E-state index contributed by atoms with van der Waals surface area (Å²) in [6, 6.07) is 0. The average Bonchev–Trinajstić information content (AvgIpc) is 3.41. The van der Waals surface area contributed by atoms with Crippen LogP contribution in [0.15, 0.2) is 11.6 Å². The van der Waals surface area contributed by atoms with Crippen molar-refractivity contribution in [3.05, 3.63) is 11.6 Å². The number of hydrogen-bond acceptors (Lipinski definition) is 4. The lowest BCUT2D eigenvalue weighted by Crippen LogP contribution is -2.58. The van der Waals surface area contributed by atoms with Crippen LogP contribution in [-0.2, 0) is 9.59 Å².